The van der Waals surface area contributed by atoms with Crippen LogP contribution in [0.25, 0.3) is 0 Å². The van der Waals surface area contributed by atoms with Gasteiger partial charge in [0.15, 0.2) is 5.82 Å². The molecule has 0 atom stereocenters. The van der Waals surface area contributed by atoms with E-state index < -0.39 is 5.41 Å². The van der Waals surface area contributed by atoms with Crippen LogP contribution in [0.15, 0.2) is 54.6 Å². The lowest BCUT2D eigenvalue weighted by molar-refractivity contribution is -0.122. The van der Waals surface area contributed by atoms with Crippen molar-refractivity contribution in [2.24, 2.45) is 5.92 Å². The number of carbonyl (C=O) groups is 2. The average Bonchev–Trinajstić information content (AvgIpc) is 3.83. The van der Waals surface area contributed by atoms with Crippen LogP contribution in [0.5, 0.6) is 0 Å². The van der Waals surface area contributed by atoms with E-state index in [9.17, 15) is 9.59 Å². The van der Waals surface area contributed by atoms with Gasteiger partial charge >= 0.3 is 6.03 Å². The Balaban J connectivity index is 0.943. The first-order chi connectivity index (χ1) is 20.6. The summed E-state index contributed by atoms with van der Waals surface area (Å²) in [6.45, 7) is 4.19. The number of carbonyl (C=O) groups excluding carboxylic acids is 2. The number of anilines is 1. The van der Waals surface area contributed by atoms with Crippen molar-refractivity contribution in [3.63, 3.8) is 0 Å². The molecule has 1 N–H and O–H groups in total. The summed E-state index contributed by atoms with van der Waals surface area (Å²) in [5.74, 6) is 1.26. The van der Waals surface area contributed by atoms with Crippen LogP contribution in [0.3, 0.4) is 0 Å². The van der Waals surface area contributed by atoms with Crippen LogP contribution in [0.2, 0.25) is 0 Å². The lowest BCUT2D eigenvalue weighted by Crippen LogP contribution is -2.49. The number of urea groups is 1. The summed E-state index contributed by atoms with van der Waals surface area (Å²) < 4.78 is 0. The molecular formula is C33H41N7O2. The summed E-state index contributed by atoms with van der Waals surface area (Å²) in [6, 6.07) is 17.9. The maximum atomic E-state index is 13.6. The fourth-order valence-electron chi connectivity index (χ4n) is 8.04. The predicted octanol–water partition coefficient (Wildman–Crippen LogP) is 4.81. The van der Waals surface area contributed by atoms with Crippen LogP contribution >= 0.6 is 0 Å². The predicted molar refractivity (Wildman–Crippen MR) is 160 cm³/mol. The number of piperidine rings is 1. The third kappa shape index (κ3) is 4.91. The number of benzene rings is 2. The Morgan fingerprint density at radius 1 is 0.905 bits per heavy atom. The zero-order chi connectivity index (χ0) is 28.6. The standard InChI is InChI=1S/C33H41N7O2/c41-30-33(18-8-9-19-33)27-12-4-5-13-28(27)40(30)31(42)34-22-25-14-20-38(21-15-25)24-32(16-6-7-17-32)29-35-37-39(36-29)23-26-10-2-1-3-11-26/h1-5,10-13,25H,6-9,14-24H2,(H,34,42). The SMILES string of the molecule is O=C(NCC1CCN(CC2(c3nnn(Cc4ccccc4)n3)CCCC2)CC1)N1C(=O)C2(CCCC2)c2ccccc21. The van der Waals surface area contributed by atoms with Gasteiger partial charge in [-0.1, -0.05) is 74.2 Å². The fourth-order valence-corrected chi connectivity index (χ4v) is 8.04. The topological polar surface area (TPSA) is 96.2 Å². The molecule has 0 bridgehead atoms. The first-order valence-electron chi connectivity index (χ1n) is 15.8. The number of aromatic nitrogens is 4. The minimum Gasteiger partial charge on any atom is -0.337 e. The second-order valence-corrected chi connectivity index (χ2v) is 13.0. The molecule has 0 radical (unpaired) electrons. The second kappa shape index (κ2) is 11.2. The van der Waals surface area contributed by atoms with Crippen LogP contribution < -0.4 is 10.2 Å². The van der Waals surface area contributed by atoms with Gasteiger partial charge in [-0.25, -0.2) is 9.69 Å². The van der Waals surface area contributed by atoms with Gasteiger partial charge in [0, 0.05) is 18.5 Å². The van der Waals surface area contributed by atoms with Gasteiger partial charge in [-0.05, 0) is 79.9 Å². The molecule has 1 aromatic heterocycles. The van der Waals surface area contributed by atoms with Crippen molar-refractivity contribution in [3.05, 3.63) is 71.5 Å². The Kier molecular flexibility index (Phi) is 7.30. The Morgan fingerprint density at radius 2 is 1.60 bits per heavy atom. The monoisotopic (exact) mass is 567 g/mol. The minimum atomic E-state index is -0.503. The molecule has 2 aliphatic heterocycles. The van der Waals surface area contributed by atoms with E-state index in [1.165, 1.54) is 23.3 Å². The van der Waals surface area contributed by atoms with E-state index >= 15 is 0 Å². The molecule has 0 unspecified atom stereocenters. The number of nitrogens with zero attached hydrogens (tertiary/aromatic N) is 6. The third-order valence-electron chi connectivity index (χ3n) is 10.4. The molecule has 2 aliphatic carbocycles. The largest absolute Gasteiger partial charge is 0.337 e. The maximum absolute atomic E-state index is 13.6. The van der Waals surface area contributed by atoms with Gasteiger partial charge in [-0.3, -0.25) is 4.79 Å². The number of para-hydroxylation sites is 1. The summed E-state index contributed by atoms with van der Waals surface area (Å²) in [4.78, 5) is 32.7. The number of hydrogen-bond donors (Lipinski definition) is 1. The van der Waals surface area contributed by atoms with E-state index in [1.807, 2.05) is 42.5 Å². The highest BCUT2D eigenvalue weighted by Crippen LogP contribution is 2.51. The molecule has 3 fully saturated rings. The van der Waals surface area contributed by atoms with Crippen LogP contribution in [0, 0.1) is 5.92 Å². The molecular weight excluding hydrogens is 526 g/mol. The van der Waals surface area contributed by atoms with Gasteiger partial charge in [-0.2, -0.15) is 4.80 Å². The number of likely N-dealkylation sites (tertiary alicyclic amines) is 1. The van der Waals surface area contributed by atoms with E-state index in [2.05, 4.69) is 32.7 Å². The molecule has 220 valence electrons. The van der Waals surface area contributed by atoms with Crippen molar-refractivity contribution in [1.82, 2.24) is 30.4 Å². The quantitative estimate of drug-likeness (QED) is 0.440. The number of nitrogens with one attached hydrogen (secondary N) is 1. The molecule has 3 aromatic rings. The normalized spacial score (nSPS) is 21.7. The van der Waals surface area contributed by atoms with Crippen molar-refractivity contribution >= 4 is 17.6 Å². The van der Waals surface area contributed by atoms with Gasteiger partial charge in [-0.15, -0.1) is 10.2 Å². The molecule has 9 nitrogen and oxygen atoms in total. The van der Waals surface area contributed by atoms with E-state index in [0.29, 0.717) is 19.0 Å². The van der Waals surface area contributed by atoms with Crippen LogP contribution in [0.1, 0.15) is 81.2 Å². The van der Waals surface area contributed by atoms with Gasteiger partial charge in [0.2, 0.25) is 5.91 Å². The Labute approximate surface area is 247 Å². The Hall–Kier alpha value is -3.59. The summed E-state index contributed by atoms with van der Waals surface area (Å²) in [7, 11) is 0. The van der Waals surface area contributed by atoms with E-state index in [0.717, 1.165) is 88.1 Å². The van der Waals surface area contributed by atoms with Crippen LogP contribution in [-0.4, -0.2) is 63.2 Å². The summed E-state index contributed by atoms with van der Waals surface area (Å²) in [5.41, 5.74) is 2.44. The number of fused-ring (bicyclic) bond motifs is 2. The Bertz CT molecular complexity index is 1420. The zero-order valence-corrected chi connectivity index (χ0v) is 24.4. The fraction of sp³-hybridized carbons (Fsp3) is 0.545. The maximum Gasteiger partial charge on any atom is 0.328 e. The molecule has 4 aliphatic rings. The van der Waals surface area contributed by atoms with Gasteiger partial charge in [0.05, 0.1) is 17.6 Å². The average molecular weight is 568 g/mol. The zero-order valence-electron chi connectivity index (χ0n) is 24.4. The number of imide groups is 1. The van der Waals surface area contributed by atoms with Crippen molar-refractivity contribution in [2.75, 3.05) is 31.1 Å². The number of hydrogen-bond acceptors (Lipinski definition) is 6. The van der Waals surface area contributed by atoms with Crippen LogP contribution in [-0.2, 0) is 22.2 Å². The molecule has 7 rings (SSSR count). The van der Waals surface area contributed by atoms with E-state index in [1.54, 1.807) is 4.80 Å². The summed E-state index contributed by atoms with van der Waals surface area (Å²) in [6.07, 6.45) is 10.4. The highest BCUT2D eigenvalue weighted by Gasteiger charge is 2.53. The van der Waals surface area contributed by atoms with Crippen LogP contribution in [0.4, 0.5) is 10.5 Å². The van der Waals surface area contributed by atoms with Crippen molar-refractivity contribution in [1.29, 1.82) is 0 Å². The molecule has 2 saturated carbocycles. The van der Waals surface area contributed by atoms with Gasteiger partial charge in [0.25, 0.3) is 0 Å². The van der Waals surface area contributed by atoms with E-state index in [4.69, 9.17) is 5.10 Å². The lowest BCUT2D eigenvalue weighted by atomic mass is 9.80. The highest BCUT2D eigenvalue weighted by molar-refractivity contribution is 6.22. The van der Waals surface area contributed by atoms with E-state index in [-0.39, 0.29) is 17.4 Å². The van der Waals surface area contributed by atoms with Crippen molar-refractivity contribution in [2.45, 2.75) is 81.6 Å². The molecule has 2 aromatic carbocycles. The van der Waals surface area contributed by atoms with Crippen molar-refractivity contribution in [3.8, 4) is 0 Å². The molecule has 42 heavy (non-hydrogen) atoms. The molecule has 9 heteroatoms. The second-order valence-electron chi connectivity index (χ2n) is 13.0. The number of amides is 3. The lowest BCUT2D eigenvalue weighted by Gasteiger charge is -2.37. The summed E-state index contributed by atoms with van der Waals surface area (Å²) >= 11 is 0. The highest BCUT2D eigenvalue weighted by atomic mass is 16.2. The molecule has 3 amide bonds. The molecule has 1 saturated heterocycles. The third-order valence-corrected chi connectivity index (χ3v) is 10.4. The minimum absolute atomic E-state index is 0.0321. The Morgan fingerprint density at radius 3 is 2.36 bits per heavy atom. The number of tetrazole rings is 1. The molecule has 3 heterocycles. The first kappa shape index (κ1) is 27.3. The summed E-state index contributed by atoms with van der Waals surface area (Å²) in [5, 5.41) is 17.0. The van der Waals surface area contributed by atoms with Crippen molar-refractivity contribution < 1.29 is 9.59 Å². The number of rotatable bonds is 7. The van der Waals surface area contributed by atoms with Gasteiger partial charge < -0.3 is 10.2 Å². The van der Waals surface area contributed by atoms with Gasteiger partial charge in [0.1, 0.15) is 0 Å². The smallest absolute Gasteiger partial charge is 0.328 e. The first-order valence-corrected chi connectivity index (χ1v) is 15.8. The molecule has 1 spiro atoms.